The third kappa shape index (κ3) is 3.91. The van der Waals surface area contributed by atoms with Gasteiger partial charge in [0, 0.05) is 36.7 Å². The SMILES string of the molecule is Fc1ccc(Oc2ccnc(Nc3cccc(N4CCCC4)c3)n2)cc1. The molecule has 0 amide bonds. The van der Waals surface area contributed by atoms with Crippen molar-refractivity contribution in [2.75, 3.05) is 23.3 Å². The molecular formula is C20H19FN4O. The summed E-state index contributed by atoms with van der Waals surface area (Å²) in [5.41, 5.74) is 2.12. The second-order valence-corrected chi connectivity index (χ2v) is 6.14. The van der Waals surface area contributed by atoms with Crippen molar-refractivity contribution in [2.45, 2.75) is 12.8 Å². The summed E-state index contributed by atoms with van der Waals surface area (Å²) >= 11 is 0. The maximum absolute atomic E-state index is 13.0. The van der Waals surface area contributed by atoms with Crippen molar-refractivity contribution >= 4 is 17.3 Å². The largest absolute Gasteiger partial charge is 0.439 e. The highest BCUT2D eigenvalue weighted by molar-refractivity contribution is 5.62. The number of hydrogen-bond donors (Lipinski definition) is 1. The molecule has 0 aliphatic carbocycles. The van der Waals surface area contributed by atoms with Crippen LogP contribution in [0.1, 0.15) is 12.8 Å². The topological polar surface area (TPSA) is 50.3 Å². The Morgan fingerprint density at radius 3 is 2.62 bits per heavy atom. The van der Waals surface area contributed by atoms with Gasteiger partial charge >= 0.3 is 0 Å². The number of halogens is 1. The van der Waals surface area contributed by atoms with Crippen LogP contribution in [0.15, 0.2) is 60.8 Å². The van der Waals surface area contributed by atoms with Crippen molar-refractivity contribution in [3.05, 3.63) is 66.6 Å². The number of ether oxygens (including phenoxy) is 1. The fraction of sp³-hybridized carbons (Fsp3) is 0.200. The molecule has 2 heterocycles. The third-order valence-electron chi connectivity index (χ3n) is 4.24. The lowest BCUT2D eigenvalue weighted by molar-refractivity contribution is 0.461. The Morgan fingerprint density at radius 1 is 1.00 bits per heavy atom. The first-order valence-electron chi connectivity index (χ1n) is 8.65. The Hall–Kier alpha value is -3.15. The lowest BCUT2D eigenvalue weighted by Gasteiger charge is -2.18. The molecule has 0 spiro atoms. The lowest BCUT2D eigenvalue weighted by Crippen LogP contribution is -2.17. The van der Waals surface area contributed by atoms with Gasteiger partial charge in [0.15, 0.2) is 0 Å². The maximum Gasteiger partial charge on any atom is 0.230 e. The average Bonchev–Trinajstić information content (AvgIpc) is 3.19. The number of nitrogens with one attached hydrogen (secondary N) is 1. The fourth-order valence-electron chi connectivity index (χ4n) is 2.97. The number of aromatic nitrogens is 2. The van der Waals surface area contributed by atoms with Gasteiger partial charge in [0.25, 0.3) is 0 Å². The maximum atomic E-state index is 13.0. The smallest absolute Gasteiger partial charge is 0.230 e. The van der Waals surface area contributed by atoms with Crippen molar-refractivity contribution in [3.8, 4) is 11.6 Å². The van der Waals surface area contributed by atoms with Crippen molar-refractivity contribution < 1.29 is 9.13 Å². The molecule has 1 fully saturated rings. The van der Waals surface area contributed by atoms with Crippen molar-refractivity contribution in [3.63, 3.8) is 0 Å². The predicted molar refractivity (Wildman–Crippen MR) is 99.7 cm³/mol. The standard InChI is InChI=1S/C20H19FN4O/c21-15-6-8-18(9-7-15)26-19-10-11-22-20(24-19)23-16-4-3-5-17(14-16)25-12-1-2-13-25/h3-11,14H,1-2,12-13H2,(H,22,23,24). The van der Waals surface area contributed by atoms with Crippen molar-refractivity contribution in [2.24, 2.45) is 0 Å². The molecular weight excluding hydrogens is 331 g/mol. The van der Waals surface area contributed by atoms with Crippen LogP contribution in [-0.2, 0) is 0 Å². The molecule has 4 rings (SSSR count). The molecule has 1 aliphatic rings. The van der Waals surface area contributed by atoms with E-state index in [4.69, 9.17) is 4.74 Å². The summed E-state index contributed by atoms with van der Waals surface area (Å²) in [5.74, 6) is 1.06. The van der Waals surface area contributed by atoms with E-state index < -0.39 is 0 Å². The minimum Gasteiger partial charge on any atom is -0.439 e. The van der Waals surface area contributed by atoms with Crippen LogP contribution in [-0.4, -0.2) is 23.1 Å². The van der Waals surface area contributed by atoms with Crippen LogP contribution in [0.3, 0.4) is 0 Å². The normalized spacial score (nSPS) is 13.7. The molecule has 0 saturated carbocycles. The van der Waals surface area contributed by atoms with E-state index >= 15 is 0 Å². The molecule has 1 aliphatic heterocycles. The molecule has 6 heteroatoms. The van der Waals surface area contributed by atoms with Gasteiger partial charge in [0.2, 0.25) is 11.8 Å². The highest BCUT2D eigenvalue weighted by atomic mass is 19.1. The van der Waals surface area contributed by atoms with Gasteiger partial charge in [-0.25, -0.2) is 9.37 Å². The fourth-order valence-corrected chi connectivity index (χ4v) is 2.97. The molecule has 1 saturated heterocycles. The van der Waals surface area contributed by atoms with E-state index in [1.54, 1.807) is 24.4 Å². The molecule has 26 heavy (non-hydrogen) atoms. The molecule has 132 valence electrons. The van der Waals surface area contributed by atoms with Gasteiger partial charge in [-0.1, -0.05) is 6.07 Å². The molecule has 1 N–H and O–H groups in total. The molecule has 0 unspecified atom stereocenters. The van der Waals surface area contributed by atoms with Crippen LogP contribution in [0.2, 0.25) is 0 Å². The molecule has 1 aromatic heterocycles. The van der Waals surface area contributed by atoms with Gasteiger partial charge in [-0.2, -0.15) is 4.98 Å². The molecule has 2 aromatic carbocycles. The van der Waals surface area contributed by atoms with Gasteiger partial charge < -0.3 is 15.0 Å². The Kier molecular flexibility index (Phi) is 4.64. The van der Waals surface area contributed by atoms with E-state index in [2.05, 4.69) is 32.3 Å². The highest BCUT2D eigenvalue weighted by Crippen LogP contribution is 2.25. The molecule has 0 atom stereocenters. The monoisotopic (exact) mass is 350 g/mol. The lowest BCUT2D eigenvalue weighted by atomic mass is 10.2. The first-order valence-corrected chi connectivity index (χ1v) is 8.65. The van der Waals surface area contributed by atoms with Crippen molar-refractivity contribution in [1.29, 1.82) is 0 Å². The second-order valence-electron chi connectivity index (χ2n) is 6.14. The number of hydrogen-bond acceptors (Lipinski definition) is 5. The number of rotatable bonds is 5. The van der Waals surface area contributed by atoms with Crippen LogP contribution in [0, 0.1) is 5.82 Å². The summed E-state index contributed by atoms with van der Waals surface area (Å²) in [6, 6.07) is 15.7. The van der Waals surface area contributed by atoms with E-state index in [0.717, 1.165) is 18.8 Å². The second kappa shape index (κ2) is 7.39. The van der Waals surface area contributed by atoms with Crippen LogP contribution < -0.4 is 15.0 Å². The quantitative estimate of drug-likeness (QED) is 0.719. The summed E-state index contributed by atoms with van der Waals surface area (Å²) in [6.07, 6.45) is 4.10. The molecule has 3 aromatic rings. The predicted octanol–water partition coefficient (Wildman–Crippen LogP) is 4.75. The van der Waals surface area contributed by atoms with E-state index in [1.807, 2.05) is 12.1 Å². The van der Waals surface area contributed by atoms with Crippen LogP contribution in [0.4, 0.5) is 21.7 Å². The highest BCUT2D eigenvalue weighted by Gasteiger charge is 2.12. The van der Waals surface area contributed by atoms with Gasteiger partial charge in [-0.3, -0.25) is 0 Å². The Balaban J connectivity index is 1.48. The first kappa shape index (κ1) is 16.3. The number of benzene rings is 2. The van der Waals surface area contributed by atoms with Crippen LogP contribution in [0.5, 0.6) is 11.6 Å². The van der Waals surface area contributed by atoms with E-state index in [9.17, 15) is 4.39 Å². The molecule has 0 radical (unpaired) electrons. The Morgan fingerprint density at radius 2 is 1.81 bits per heavy atom. The van der Waals surface area contributed by atoms with Crippen LogP contribution >= 0.6 is 0 Å². The zero-order valence-electron chi connectivity index (χ0n) is 14.2. The zero-order chi connectivity index (χ0) is 17.8. The summed E-state index contributed by atoms with van der Waals surface area (Å²) in [5, 5.41) is 3.21. The van der Waals surface area contributed by atoms with E-state index in [0.29, 0.717) is 17.6 Å². The van der Waals surface area contributed by atoms with Gasteiger partial charge in [-0.15, -0.1) is 0 Å². The zero-order valence-corrected chi connectivity index (χ0v) is 14.2. The number of nitrogens with zero attached hydrogens (tertiary/aromatic N) is 3. The first-order chi connectivity index (χ1) is 12.8. The van der Waals surface area contributed by atoms with Gasteiger partial charge in [-0.05, 0) is 55.3 Å². The minimum atomic E-state index is -0.305. The van der Waals surface area contributed by atoms with Gasteiger partial charge in [0.1, 0.15) is 11.6 Å². The Labute approximate surface area is 151 Å². The minimum absolute atomic E-state index is 0.305. The summed E-state index contributed by atoms with van der Waals surface area (Å²) in [6.45, 7) is 2.20. The number of anilines is 3. The summed E-state index contributed by atoms with van der Waals surface area (Å²) in [4.78, 5) is 11.0. The van der Waals surface area contributed by atoms with Crippen molar-refractivity contribution in [1.82, 2.24) is 9.97 Å². The van der Waals surface area contributed by atoms with Crippen LogP contribution in [0.25, 0.3) is 0 Å². The summed E-state index contributed by atoms with van der Waals surface area (Å²) in [7, 11) is 0. The average molecular weight is 350 g/mol. The van der Waals surface area contributed by atoms with Gasteiger partial charge in [0.05, 0.1) is 0 Å². The van der Waals surface area contributed by atoms with E-state index in [-0.39, 0.29) is 5.82 Å². The molecule has 5 nitrogen and oxygen atoms in total. The summed E-state index contributed by atoms with van der Waals surface area (Å²) < 4.78 is 18.6. The Bertz CT molecular complexity index is 879. The van der Waals surface area contributed by atoms with E-state index in [1.165, 1.54) is 30.7 Å². The molecule has 0 bridgehead atoms. The third-order valence-corrected chi connectivity index (χ3v) is 4.24.